The van der Waals surface area contributed by atoms with Crippen LogP contribution >= 0.6 is 0 Å². The standard InChI is InChI=1S/C24H25N3O5S/c1-17-7-3-6-12-27(17)33(29,30)23-13-18(9-10-22(23)31-2)24(28)32-16-19-15-26-11-5-4-8-21(26)20(19)14-25/h4-5,8-11,13,15,17H,3,6-7,12,16H2,1-2H3. The van der Waals surface area contributed by atoms with E-state index in [1.54, 1.807) is 10.6 Å². The number of hydrogen-bond acceptors (Lipinski definition) is 6. The molecule has 172 valence electrons. The van der Waals surface area contributed by atoms with E-state index in [4.69, 9.17) is 9.47 Å². The van der Waals surface area contributed by atoms with Gasteiger partial charge in [-0.15, -0.1) is 0 Å². The Hall–Kier alpha value is -3.35. The number of nitrogens with zero attached hydrogens (tertiary/aromatic N) is 3. The highest BCUT2D eigenvalue weighted by molar-refractivity contribution is 7.89. The molecule has 1 atom stereocenters. The Kier molecular flexibility index (Phi) is 6.40. The predicted octanol–water partition coefficient (Wildman–Crippen LogP) is 3.74. The second-order valence-electron chi connectivity index (χ2n) is 8.04. The van der Waals surface area contributed by atoms with Crippen LogP contribution in [-0.2, 0) is 21.4 Å². The highest BCUT2D eigenvalue weighted by atomic mass is 32.2. The van der Waals surface area contributed by atoms with E-state index in [9.17, 15) is 18.5 Å². The van der Waals surface area contributed by atoms with E-state index in [1.165, 1.54) is 29.6 Å². The SMILES string of the molecule is COc1ccc(C(=O)OCc2cn3ccccc3c2C#N)cc1S(=O)(=O)N1CCCCC1C. The van der Waals surface area contributed by atoms with Crippen LogP contribution in [-0.4, -0.2) is 42.8 Å². The number of ether oxygens (including phenoxy) is 2. The molecule has 2 aromatic heterocycles. The van der Waals surface area contributed by atoms with E-state index in [2.05, 4.69) is 6.07 Å². The molecule has 0 bridgehead atoms. The van der Waals surface area contributed by atoms with Gasteiger partial charge in [0.15, 0.2) is 0 Å². The number of hydrogen-bond donors (Lipinski definition) is 0. The lowest BCUT2D eigenvalue weighted by molar-refractivity contribution is 0.0472. The molecular formula is C24H25N3O5S. The van der Waals surface area contributed by atoms with Crippen LogP contribution in [0, 0.1) is 11.3 Å². The topological polar surface area (TPSA) is 101 Å². The van der Waals surface area contributed by atoms with Crippen LogP contribution in [0.2, 0.25) is 0 Å². The Morgan fingerprint density at radius 1 is 1.24 bits per heavy atom. The lowest BCUT2D eigenvalue weighted by Crippen LogP contribution is -2.42. The number of esters is 1. The van der Waals surface area contributed by atoms with Crippen LogP contribution in [0.4, 0.5) is 0 Å². The number of fused-ring (bicyclic) bond motifs is 1. The number of rotatable bonds is 6. The van der Waals surface area contributed by atoms with Gasteiger partial charge in [0.05, 0.1) is 23.8 Å². The maximum atomic E-state index is 13.4. The van der Waals surface area contributed by atoms with E-state index in [-0.39, 0.29) is 28.9 Å². The van der Waals surface area contributed by atoms with Gasteiger partial charge in [-0.2, -0.15) is 9.57 Å². The van der Waals surface area contributed by atoms with Crippen molar-refractivity contribution in [3.8, 4) is 11.8 Å². The Morgan fingerprint density at radius 3 is 2.79 bits per heavy atom. The summed E-state index contributed by atoms with van der Waals surface area (Å²) >= 11 is 0. The summed E-state index contributed by atoms with van der Waals surface area (Å²) in [6.45, 7) is 2.21. The summed E-state index contributed by atoms with van der Waals surface area (Å²) in [5.41, 5.74) is 1.82. The fourth-order valence-corrected chi connectivity index (χ4v) is 6.09. The summed E-state index contributed by atoms with van der Waals surface area (Å²) in [4.78, 5) is 12.7. The minimum absolute atomic E-state index is 0.0551. The molecule has 0 saturated carbocycles. The van der Waals surface area contributed by atoms with Gasteiger partial charge in [0.2, 0.25) is 10.0 Å². The van der Waals surface area contributed by atoms with Crippen LogP contribution < -0.4 is 4.74 Å². The number of piperidine rings is 1. The molecule has 0 spiro atoms. The molecule has 8 nitrogen and oxygen atoms in total. The quantitative estimate of drug-likeness (QED) is 0.512. The van der Waals surface area contributed by atoms with E-state index in [1.807, 2.05) is 31.3 Å². The number of benzene rings is 1. The lowest BCUT2D eigenvalue weighted by atomic mass is 10.1. The number of methoxy groups -OCH3 is 1. The highest BCUT2D eigenvalue weighted by Crippen LogP contribution is 2.32. The van der Waals surface area contributed by atoms with Gasteiger partial charge in [0.25, 0.3) is 0 Å². The molecule has 0 aliphatic carbocycles. The van der Waals surface area contributed by atoms with Crippen LogP contribution in [0.25, 0.3) is 5.52 Å². The van der Waals surface area contributed by atoms with Crippen LogP contribution in [0.5, 0.6) is 5.75 Å². The van der Waals surface area contributed by atoms with Crippen molar-refractivity contribution in [2.45, 2.75) is 43.7 Å². The Bertz CT molecular complexity index is 1340. The van der Waals surface area contributed by atoms with Gasteiger partial charge < -0.3 is 13.9 Å². The minimum atomic E-state index is -3.85. The van der Waals surface area contributed by atoms with Crippen LogP contribution in [0.1, 0.15) is 47.7 Å². The van der Waals surface area contributed by atoms with Crippen LogP contribution in [0.15, 0.2) is 53.7 Å². The second kappa shape index (κ2) is 9.25. The molecule has 0 amide bonds. The maximum absolute atomic E-state index is 13.4. The van der Waals surface area contributed by atoms with Gasteiger partial charge in [0, 0.05) is 30.5 Å². The molecule has 33 heavy (non-hydrogen) atoms. The van der Waals surface area contributed by atoms with E-state index >= 15 is 0 Å². The first-order valence-corrected chi connectivity index (χ1v) is 12.2. The third kappa shape index (κ3) is 4.32. The molecule has 0 radical (unpaired) electrons. The lowest BCUT2D eigenvalue weighted by Gasteiger charge is -2.32. The Morgan fingerprint density at radius 2 is 2.06 bits per heavy atom. The largest absolute Gasteiger partial charge is 0.495 e. The van der Waals surface area contributed by atoms with E-state index in [0.29, 0.717) is 17.7 Å². The molecule has 1 saturated heterocycles. The number of carbonyl (C=O) groups excluding carboxylic acids is 1. The molecule has 1 aliphatic rings. The van der Waals surface area contributed by atoms with Gasteiger partial charge in [-0.05, 0) is 50.1 Å². The summed E-state index contributed by atoms with van der Waals surface area (Å²) in [6, 6.07) is 11.7. The Labute approximate surface area is 193 Å². The number of aromatic nitrogens is 1. The van der Waals surface area contributed by atoms with Crippen molar-refractivity contribution in [3.63, 3.8) is 0 Å². The number of nitriles is 1. The second-order valence-corrected chi connectivity index (χ2v) is 9.90. The first kappa shape index (κ1) is 22.8. The Balaban J connectivity index is 1.60. The average molecular weight is 468 g/mol. The van der Waals surface area contributed by atoms with E-state index < -0.39 is 16.0 Å². The molecule has 3 aromatic rings. The van der Waals surface area contributed by atoms with E-state index in [0.717, 1.165) is 24.8 Å². The zero-order valence-electron chi connectivity index (χ0n) is 18.5. The number of pyridine rings is 1. The fourth-order valence-electron chi connectivity index (χ4n) is 4.20. The van der Waals surface area contributed by atoms with Gasteiger partial charge in [-0.25, -0.2) is 13.2 Å². The third-order valence-corrected chi connectivity index (χ3v) is 8.00. The normalized spacial score (nSPS) is 16.9. The summed E-state index contributed by atoms with van der Waals surface area (Å²) in [7, 11) is -2.45. The smallest absolute Gasteiger partial charge is 0.338 e. The first-order valence-electron chi connectivity index (χ1n) is 10.7. The van der Waals surface area contributed by atoms with Crippen molar-refractivity contribution in [2.75, 3.05) is 13.7 Å². The molecule has 1 aliphatic heterocycles. The van der Waals surface area contributed by atoms with Crippen molar-refractivity contribution in [1.29, 1.82) is 5.26 Å². The summed E-state index contributed by atoms with van der Waals surface area (Å²) in [5.74, 6) is -0.505. The monoisotopic (exact) mass is 467 g/mol. The molecule has 1 aromatic carbocycles. The zero-order valence-corrected chi connectivity index (χ0v) is 19.3. The van der Waals surface area contributed by atoms with Crippen molar-refractivity contribution in [3.05, 3.63) is 65.5 Å². The molecular weight excluding hydrogens is 442 g/mol. The van der Waals surface area contributed by atoms with Crippen LogP contribution in [0.3, 0.4) is 0 Å². The summed E-state index contributed by atoms with van der Waals surface area (Å²) in [5, 5.41) is 9.53. The van der Waals surface area contributed by atoms with Crippen molar-refractivity contribution in [2.24, 2.45) is 0 Å². The van der Waals surface area contributed by atoms with Gasteiger partial charge in [-0.3, -0.25) is 0 Å². The maximum Gasteiger partial charge on any atom is 0.338 e. The van der Waals surface area contributed by atoms with Gasteiger partial charge in [-0.1, -0.05) is 12.5 Å². The average Bonchev–Trinajstić information content (AvgIpc) is 3.19. The van der Waals surface area contributed by atoms with Gasteiger partial charge >= 0.3 is 5.97 Å². The van der Waals surface area contributed by atoms with Crippen molar-refractivity contribution >= 4 is 21.5 Å². The molecule has 1 unspecified atom stereocenters. The number of sulfonamides is 1. The predicted molar refractivity (Wildman–Crippen MR) is 121 cm³/mol. The third-order valence-electron chi connectivity index (χ3n) is 5.96. The summed E-state index contributed by atoms with van der Waals surface area (Å²) in [6.07, 6.45) is 6.11. The number of carbonyl (C=O) groups is 1. The van der Waals surface area contributed by atoms with Crippen molar-refractivity contribution < 1.29 is 22.7 Å². The zero-order chi connectivity index (χ0) is 23.6. The summed E-state index contributed by atoms with van der Waals surface area (Å²) < 4.78 is 40.7. The van der Waals surface area contributed by atoms with Crippen molar-refractivity contribution in [1.82, 2.24) is 8.71 Å². The van der Waals surface area contributed by atoms with Gasteiger partial charge in [0.1, 0.15) is 23.3 Å². The molecule has 9 heteroatoms. The minimum Gasteiger partial charge on any atom is -0.495 e. The fraction of sp³-hybridized carbons (Fsp3) is 0.333. The molecule has 1 fully saturated rings. The highest BCUT2D eigenvalue weighted by Gasteiger charge is 2.33. The molecule has 4 rings (SSSR count). The first-order chi connectivity index (χ1) is 15.9. The molecule has 3 heterocycles. The molecule has 0 N–H and O–H groups in total.